The molecule has 1 heterocycles. The zero-order valence-corrected chi connectivity index (χ0v) is 10.1. The van der Waals surface area contributed by atoms with Crippen LogP contribution in [0.1, 0.15) is 19.8 Å². The summed E-state index contributed by atoms with van der Waals surface area (Å²) in [7, 11) is -3.30. The minimum Gasteiger partial charge on any atom is -0.314 e. The van der Waals surface area contributed by atoms with Crippen molar-refractivity contribution in [2.75, 3.05) is 31.9 Å². The monoisotopic (exact) mass is 235 g/mol. The van der Waals surface area contributed by atoms with E-state index in [2.05, 4.69) is 17.1 Å². The van der Waals surface area contributed by atoms with Crippen molar-refractivity contribution >= 4 is 10.0 Å². The van der Waals surface area contributed by atoms with Crippen LogP contribution in [0.15, 0.2) is 0 Å². The van der Waals surface area contributed by atoms with Gasteiger partial charge in [0.2, 0.25) is 10.0 Å². The fourth-order valence-electron chi connectivity index (χ4n) is 1.91. The van der Waals surface area contributed by atoms with Crippen LogP contribution in [-0.4, -0.2) is 51.3 Å². The summed E-state index contributed by atoms with van der Waals surface area (Å²) >= 11 is 0. The van der Waals surface area contributed by atoms with Gasteiger partial charge in [-0.1, -0.05) is 6.92 Å². The van der Waals surface area contributed by atoms with E-state index in [0.717, 1.165) is 32.5 Å². The summed E-state index contributed by atoms with van der Waals surface area (Å²) in [6, 6.07) is 0.598. The van der Waals surface area contributed by atoms with Gasteiger partial charge in [-0.25, -0.2) is 13.6 Å². The number of hydrogen-bond acceptors (Lipinski definition) is 4. The maximum absolute atomic E-state index is 10.8. The Morgan fingerprint density at radius 2 is 2.00 bits per heavy atom. The Kier molecular flexibility index (Phi) is 4.98. The van der Waals surface area contributed by atoms with Gasteiger partial charge in [-0.2, -0.15) is 0 Å². The predicted octanol–water partition coefficient (Wildman–Crippen LogP) is -0.651. The minimum absolute atomic E-state index is 0.0683. The first-order chi connectivity index (χ1) is 7.01. The molecule has 90 valence electrons. The molecule has 6 heteroatoms. The summed E-state index contributed by atoms with van der Waals surface area (Å²) < 4.78 is 21.6. The first kappa shape index (κ1) is 12.9. The van der Waals surface area contributed by atoms with Crippen LogP contribution in [-0.2, 0) is 10.0 Å². The third-order valence-corrected chi connectivity index (χ3v) is 3.52. The lowest BCUT2D eigenvalue weighted by atomic mass is 10.1. The van der Waals surface area contributed by atoms with Crippen molar-refractivity contribution in [2.24, 2.45) is 5.14 Å². The second-order valence-electron chi connectivity index (χ2n) is 4.04. The highest BCUT2D eigenvalue weighted by molar-refractivity contribution is 7.89. The highest BCUT2D eigenvalue weighted by Gasteiger charge is 2.18. The van der Waals surface area contributed by atoms with E-state index in [1.807, 2.05) is 0 Å². The summed E-state index contributed by atoms with van der Waals surface area (Å²) in [6.45, 7) is 5.60. The normalized spacial score (nSPS) is 20.7. The molecule has 3 N–H and O–H groups in total. The highest BCUT2D eigenvalue weighted by Crippen LogP contribution is 2.09. The largest absolute Gasteiger partial charge is 0.314 e. The second-order valence-corrected chi connectivity index (χ2v) is 5.77. The number of rotatable bonds is 5. The maximum Gasteiger partial charge on any atom is 0.210 e. The van der Waals surface area contributed by atoms with Crippen LogP contribution < -0.4 is 10.5 Å². The Hall–Kier alpha value is -0.170. The van der Waals surface area contributed by atoms with Gasteiger partial charge in [-0.05, 0) is 32.5 Å². The molecule has 0 aliphatic carbocycles. The molecule has 1 aliphatic rings. The van der Waals surface area contributed by atoms with Crippen molar-refractivity contribution in [3.63, 3.8) is 0 Å². The second kappa shape index (κ2) is 5.79. The van der Waals surface area contributed by atoms with E-state index in [0.29, 0.717) is 12.6 Å². The molecule has 1 saturated heterocycles. The fourth-order valence-corrected chi connectivity index (χ4v) is 2.42. The van der Waals surface area contributed by atoms with Gasteiger partial charge in [0.1, 0.15) is 0 Å². The molecule has 0 atom stereocenters. The number of piperidine rings is 1. The molecule has 0 amide bonds. The number of sulfonamides is 1. The molecule has 1 rings (SSSR count). The van der Waals surface area contributed by atoms with Crippen LogP contribution in [0.3, 0.4) is 0 Å². The van der Waals surface area contributed by atoms with E-state index in [-0.39, 0.29) is 5.75 Å². The van der Waals surface area contributed by atoms with E-state index in [4.69, 9.17) is 5.14 Å². The van der Waals surface area contributed by atoms with Crippen LogP contribution in [0.2, 0.25) is 0 Å². The van der Waals surface area contributed by atoms with E-state index in [1.165, 1.54) is 0 Å². The number of nitrogens with zero attached hydrogens (tertiary/aromatic N) is 1. The number of nitrogens with one attached hydrogen (secondary N) is 1. The summed E-state index contributed by atoms with van der Waals surface area (Å²) in [5, 5.41) is 8.37. The SMILES string of the molecule is CCNC1CCN(CCS(N)(=O)=O)CC1. The van der Waals surface area contributed by atoms with Crippen molar-refractivity contribution in [1.29, 1.82) is 0 Å². The third-order valence-electron chi connectivity index (χ3n) is 2.77. The molecular formula is C9H21N3O2S. The molecule has 5 nitrogen and oxygen atoms in total. The lowest BCUT2D eigenvalue weighted by Crippen LogP contribution is -2.44. The summed E-state index contributed by atoms with van der Waals surface area (Å²) in [4.78, 5) is 2.16. The molecule has 0 bridgehead atoms. The van der Waals surface area contributed by atoms with Gasteiger partial charge in [-0.15, -0.1) is 0 Å². The van der Waals surface area contributed by atoms with Gasteiger partial charge in [0, 0.05) is 12.6 Å². The molecule has 0 saturated carbocycles. The van der Waals surface area contributed by atoms with Gasteiger partial charge >= 0.3 is 0 Å². The van der Waals surface area contributed by atoms with Crippen molar-refractivity contribution in [2.45, 2.75) is 25.8 Å². The Morgan fingerprint density at radius 1 is 1.40 bits per heavy atom. The van der Waals surface area contributed by atoms with E-state index < -0.39 is 10.0 Å². The topological polar surface area (TPSA) is 75.4 Å². The number of likely N-dealkylation sites (tertiary alicyclic amines) is 1. The van der Waals surface area contributed by atoms with Gasteiger partial charge in [0.15, 0.2) is 0 Å². The quantitative estimate of drug-likeness (QED) is 0.664. The molecule has 0 aromatic heterocycles. The van der Waals surface area contributed by atoms with Crippen LogP contribution >= 0.6 is 0 Å². The van der Waals surface area contributed by atoms with Crippen LogP contribution in [0, 0.1) is 0 Å². The summed E-state index contributed by atoms with van der Waals surface area (Å²) in [5.74, 6) is 0.0683. The zero-order chi connectivity index (χ0) is 11.3. The van der Waals surface area contributed by atoms with Gasteiger partial charge in [0.05, 0.1) is 5.75 Å². The molecule has 0 unspecified atom stereocenters. The summed E-state index contributed by atoms with van der Waals surface area (Å²) in [5.41, 5.74) is 0. The van der Waals surface area contributed by atoms with Crippen molar-refractivity contribution in [1.82, 2.24) is 10.2 Å². The molecule has 1 fully saturated rings. The average molecular weight is 235 g/mol. The van der Waals surface area contributed by atoms with E-state index >= 15 is 0 Å². The Bertz CT molecular complexity index is 271. The molecule has 0 radical (unpaired) electrons. The number of nitrogens with two attached hydrogens (primary N) is 1. The standard InChI is InChI=1S/C9H21N3O2S/c1-2-11-9-3-5-12(6-4-9)7-8-15(10,13)14/h9,11H,2-8H2,1H3,(H2,10,13,14). The smallest absolute Gasteiger partial charge is 0.210 e. The Labute approximate surface area is 92.1 Å². The van der Waals surface area contributed by atoms with Crippen LogP contribution in [0.5, 0.6) is 0 Å². The van der Waals surface area contributed by atoms with Gasteiger partial charge in [-0.3, -0.25) is 0 Å². The molecule has 15 heavy (non-hydrogen) atoms. The Morgan fingerprint density at radius 3 is 2.47 bits per heavy atom. The lowest BCUT2D eigenvalue weighted by molar-refractivity contribution is 0.208. The van der Waals surface area contributed by atoms with Crippen molar-refractivity contribution in [3.05, 3.63) is 0 Å². The fraction of sp³-hybridized carbons (Fsp3) is 1.00. The van der Waals surface area contributed by atoms with Crippen molar-refractivity contribution < 1.29 is 8.42 Å². The molecular weight excluding hydrogens is 214 g/mol. The average Bonchev–Trinajstić information content (AvgIpc) is 2.16. The molecule has 0 spiro atoms. The van der Waals surface area contributed by atoms with Crippen molar-refractivity contribution in [3.8, 4) is 0 Å². The first-order valence-electron chi connectivity index (χ1n) is 5.47. The maximum atomic E-state index is 10.8. The first-order valence-corrected chi connectivity index (χ1v) is 7.19. The highest BCUT2D eigenvalue weighted by atomic mass is 32.2. The van der Waals surface area contributed by atoms with Gasteiger partial charge in [0.25, 0.3) is 0 Å². The number of hydrogen-bond donors (Lipinski definition) is 2. The summed E-state index contributed by atoms with van der Waals surface area (Å²) in [6.07, 6.45) is 2.19. The number of primary sulfonamides is 1. The van der Waals surface area contributed by atoms with Crippen LogP contribution in [0.25, 0.3) is 0 Å². The Balaban J connectivity index is 2.20. The minimum atomic E-state index is -3.30. The van der Waals surface area contributed by atoms with Crippen LogP contribution in [0.4, 0.5) is 0 Å². The molecule has 1 aliphatic heterocycles. The predicted molar refractivity (Wildman–Crippen MR) is 61.1 cm³/mol. The molecule has 0 aromatic carbocycles. The van der Waals surface area contributed by atoms with Gasteiger partial charge < -0.3 is 10.2 Å². The third kappa shape index (κ3) is 5.46. The molecule has 0 aromatic rings. The lowest BCUT2D eigenvalue weighted by Gasteiger charge is -2.31. The zero-order valence-electron chi connectivity index (χ0n) is 9.28. The van der Waals surface area contributed by atoms with E-state index in [9.17, 15) is 8.42 Å². The van der Waals surface area contributed by atoms with E-state index in [1.54, 1.807) is 0 Å².